The molecular weight excluding hydrogens is 235 g/mol. The highest BCUT2D eigenvalue weighted by atomic mass is 79.9. The monoisotopic (exact) mass is 244 g/mol. The molecule has 0 radical (unpaired) electrons. The van der Waals surface area contributed by atoms with Crippen LogP contribution in [0.3, 0.4) is 0 Å². The van der Waals surface area contributed by atoms with Gasteiger partial charge < -0.3 is 0 Å². The molecule has 0 spiro atoms. The average Bonchev–Trinajstić information content (AvgIpc) is 2.17. The second-order valence-electron chi connectivity index (χ2n) is 2.87. The molecule has 0 saturated heterocycles. The topological polar surface area (TPSA) is 17.1 Å². The molecule has 1 rings (SSSR count). The second kappa shape index (κ2) is 4.51. The van der Waals surface area contributed by atoms with Crippen molar-refractivity contribution >= 4 is 21.7 Å². The molecular formula is C10H10BrFO. The first-order chi connectivity index (χ1) is 6.15. The number of benzene rings is 1. The number of hydrogen-bond acceptors (Lipinski definition) is 1. The average molecular weight is 245 g/mol. The van der Waals surface area contributed by atoms with Gasteiger partial charge in [-0.3, -0.25) is 4.79 Å². The third-order valence-electron chi connectivity index (χ3n) is 1.98. The fourth-order valence-electron chi connectivity index (χ4n) is 1.05. The first-order valence-electron chi connectivity index (χ1n) is 3.99. The summed E-state index contributed by atoms with van der Waals surface area (Å²) in [4.78, 5) is 11.3. The van der Waals surface area contributed by atoms with Crippen LogP contribution in [0.15, 0.2) is 24.3 Å². The van der Waals surface area contributed by atoms with Crippen LogP contribution < -0.4 is 0 Å². The molecule has 0 fully saturated rings. The number of alkyl halides is 1. The van der Waals surface area contributed by atoms with Gasteiger partial charge in [-0.15, -0.1) is 0 Å². The minimum absolute atomic E-state index is 0.103. The predicted molar refractivity (Wildman–Crippen MR) is 53.6 cm³/mol. The van der Waals surface area contributed by atoms with E-state index in [1.165, 1.54) is 12.1 Å². The van der Waals surface area contributed by atoms with Gasteiger partial charge in [-0.2, -0.15) is 0 Å². The summed E-state index contributed by atoms with van der Waals surface area (Å²) >= 11 is 3.10. The summed E-state index contributed by atoms with van der Waals surface area (Å²) in [5, 5.41) is 0.339. The van der Waals surface area contributed by atoms with Gasteiger partial charge in [0.1, 0.15) is 5.82 Å². The van der Waals surface area contributed by atoms with Gasteiger partial charge in [-0.25, -0.2) is 4.39 Å². The molecule has 1 nitrogen and oxygen atoms in total. The van der Waals surface area contributed by atoms with E-state index >= 15 is 0 Å². The molecule has 0 amide bonds. The zero-order chi connectivity index (χ0) is 9.84. The quantitative estimate of drug-likeness (QED) is 0.748. The Bertz CT molecular complexity index is 294. The highest BCUT2D eigenvalue weighted by Gasteiger charge is 2.13. The lowest BCUT2D eigenvalue weighted by Gasteiger charge is -2.08. The van der Waals surface area contributed by atoms with E-state index in [0.29, 0.717) is 5.33 Å². The van der Waals surface area contributed by atoms with Gasteiger partial charge in [0, 0.05) is 5.92 Å². The summed E-state index contributed by atoms with van der Waals surface area (Å²) in [6, 6.07) is 6.02. The van der Waals surface area contributed by atoms with Crippen molar-refractivity contribution < 1.29 is 9.18 Å². The van der Waals surface area contributed by atoms with Crippen molar-refractivity contribution in [2.75, 3.05) is 5.33 Å². The molecule has 0 heterocycles. The van der Waals surface area contributed by atoms with Crippen molar-refractivity contribution in [1.29, 1.82) is 0 Å². The maximum absolute atomic E-state index is 12.5. The summed E-state index contributed by atoms with van der Waals surface area (Å²) < 4.78 is 12.5. The molecule has 0 saturated carbocycles. The van der Waals surface area contributed by atoms with E-state index < -0.39 is 0 Å². The lowest BCUT2D eigenvalue weighted by Crippen LogP contribution is -2.09. The van der Waals surface area contributed by atoms with E-state index in [1.807, 2.05) is 6.92 Å². The molecule has 0 aliphatic carbocycles. The van der Waals surface area contributed by atoms with Crippen molar-refractivity contribution in [2.24, 2.45) is 0 Å². The number of ketones is 1. The molecule has 1 unspecified atom stereocenters. The molecule has 1 atom stereocenters. The van der Waals surface area contributed by atoms with Crippen LogP contribution in [0.2, 0.25) is 0 Å². The number of hydrogen-bond donors (Lipinski definition) is 0. The van der Waals surface area contributed by atoms with Gasteiger partial charge in [-0.1, -0.05) is 35.0 Å². The van der Waals surface area contributed by atoms with Crippen molar-refractivity contribution in [3.05, 3.63) is 35.6 Å². The third-order valence-corrected chi connectivity index (χ3v) is 2.54. The Hall–Kier alpha value is -0.700. The van der Waals surface area contributed by atoms with Gasteiger partial charge >= 0.3 is 0 Å². The van der Waals surface area contributed by atoms with Crippen molar-refractivity contribution in [1.82, 2.24) is 0 Å². The van der Waals surface area contributed by atoms with Crippen LogP contribution in [-0.4, -0.2) is 11.1 Å². The number of halogens is 2. The molecule has 0 aliphatic heterocycles. The Labute approximate surface area is 85.1 Å². The largest absolute Gasteiger partial charge is 0.298 e. The molecule has 0 N–H and O–H groups in total. The first-order valence-corrected chi connectivity index (χ1v) is 5.11. The Morgan fingerprint density at radius 1 is 1.46 bits per heavy atom. The summed E-state index contributed by atoms with van der Waals surface area (Å²) in [7, 11) is 0. The number of carbonyl (C=O) groups excluding carboxylic acids is 1. The van der Waals surface area contributed by atoms with E-state index in [2.05, 4.69) is 15.9 Å². The van der Waals surface area contributed by atoms with Crippen LogP contribution in [0.1, 0.15) is 18.4 Å². The number of Topliss-reactive ketones (excluding diaryl/α,β-unsaturated/α-hetero) is 1. The smallest absolute Gasteiger partial charge is 0.150 e. The van der Waals surface area contributed by atoms with Crippen LogP contribution in [0.25, 0.3) is 0 Å². The summed E-state index contributed by atoms with van der Waals surface area (Å²) in [6.45, 7) is 1.82. The first kappa shape index (κ1) is 10.4. The lowest BCUT2D eigenvalue weighted by atomic mass is 9.98. The van der Waals surface area contributed by atoms with E-state index in [-0.39, 0.29) is 17.5 Å². The number of rotatable bonds is 3. The maximum Gasteiger partial charge on any atom is 0.150 e. The van der Waals surface area contributed by atoms with E-state index in [0.717, 1.165) is 5.56 Å². The normalized spacial score (nSPS) is 12.5. The molecule has 1 aromatic carbocycles. The molecule has 3 heteroatoms. The molecule has 70 valence electrons. The zero-order valence-electron chi connectivity index (χ0n) is 7.26. The van der Waals surface area contributed by atoms with Gasteiger partial charge in [0.25, 0.3) is 0 Å². The van der Waals surface area contributed by atoms with Crippen LogP contribution in [-0.2, 0) is 4.79 Å². The standard InChI is InChI=1S/C10H10BrFO/c1-7(10(13)6-11)8-2-4-9(12)5-3-8/h2-5,7H,6H2,1H3. The van der Waals surface area contributed by atoms with Crippen LogP contribution in [0.5, 0.6) is 0 Å². The van der Waals surface area contributed by atoms with Crippen molar-refractivity contribution in [2.45, 2.75) is 12.8 Å². The molecule has 0 aliphatic rings. The third kappa shape index (κ3) is 2.62. The molecule has 1 aromatic rings. The van der Waals surface area contributed by atoms with Gasteiger partial charge in [0.15, 0.2) is 5.78 Å². The fourth-order valence-corrected chi connectivity index (χ4v) is 1.54. The maximum atomic E-state index is 12.5. The highest BCUT2D eigenvalue weighted by molar-refractivity contribution is 9.09. The predicted octanol–water partition coefficient (Wildman–Crippen LogP) is 2.89. The van der Waals surface area contributed by atoms with Gasteiger partial charge in [-0.05, 0) is 17.7 Å². The fraction of sp³-hybridized carbons (Fsp3) is 0.300. The lowest BCUT2D eigenvalue weighted by molar-refractivity contribution is -0.117. The van der Waals surface area contributed by atoms with Crippen molar-refractivity contribution in [3.8, 4) is 0 Å². The van der Waals surface area contributed by atoms with E-state index in [1.54, 1.807) is 12.1 Å². The van der Waals surface area contributed by atoms with Crippen LogP contribution >= 0.6 is 15.9 Å². The molecule has 0 bridgehead atoms. The molecule has 0 aromatic heterocycles. The summed E-state index contributed by atoms with van der Waals surface area (Å²) in [5.41, 5.74) is 0.853. The Morgan fingerprint density at radius 3 is 2.46 bits per heavy atom. The van der Waals surface area contributed by atoms with Crippen LogP contribution in [0, 0.1) is 5.82 Å². The highest BCUT2D eigenvalue weighted by Crippen LogP contribution is 2.17. The Morgan fingerprint density at radius 2 is 2.00 bits per heavy atom. The summed E-state index contributed by atoms with van der Waals surface area (Å²) in [5.74, 6) is -0.339. The zero-order valence-corrected chi connectivity index (χ0v) is 8.84. The van der Waals surface area contributed by atoms with Crippen molar-refractivity contribution in [3.63, 3.8) is 0 Å². The van der Waals surface area contributed by atoms with Crippen LogP contribution in [0.4, 0.5) is 4.39 Å². The Kier molecular flexibility index (Phi) is 3.60. The van der Waals surface area contributed by atoms with Gasteiger partial charge in [0.2, 0.25) is 0 Å². The van der Waals surface area contributed by atoms with E-state index in [9.17, 15) is 9.18 Å². The number of carbonyl (C=O) groups is 1. The Balaban J connectivity index is 2.83. The minimum Gasteiger partial charge on any atom is -0.298 e. The molecule has 13 heavy (non-hydrogen) atoms. The summed E-state index contributed by atoms with van der Waals surface area (Å²) in [6.07, 6.45) is 0. The second-order valence-corrected chi connectivity index (χ2v) is 3.43. The SMILES string of the molecule is CC(C(=O)CBr)c1ccc(F)cc1. The minimum atomic E-state index is -0.276. The van der Waals surface area contributed by atoms with Gasteiger partial charge in [0.05, 0.1) is 5.33 Å². The van der Waals surface area contributed by atoms with E-state index in [4.69, 9.17) is 0 Å².